The van der Waals surface area contributed by atoms with Crippen LogP contribution in [-0.2, 0) is 9.22 Å². The van der Waals surface area contributed by atoms with Crippen molar-refractivity contribution in [2.24, 2.45) is 5.92 Å². The van der Waals surface area contributed by atoms with Crippen molar-refractivity contribution in [2.45, 2.75) is 90.8 Å². The SMILES string of the molecule is CC(CCCCO)C(=O)CCCCCO[Si](C)(C)C(C)(C)C. The second-order valence-corrected chi connectivity index (χ2v) is 12.8. The average molecular weight is 331 g/mol. The standard InChI is InChI=1S/C18H38O3Si/c1-16(12-9-10-14-19)17(20)13-8-7-11-15-21-22(5,6)18(2,3)4/h16,19H,7-15H2,1-6H3. The second kappa shape index (κ2) is 10.6. The van der Waals surface area contributed by atoms with Crippen LogP contribution in [0.3, 0.4) is 0 Å². The first-order chi connectivity index (χ1) is 10.1. The molecule has 0 aliphatic rings. The highest BCUT2D eigenvalue weighted by Gasteiger charge is 2.36. The molecule has 0 saturated carbocycles. The lowest BCUT2D eigenvalue weighted by atomic mass is 9.96. The van der Waals surface area contributed by atoms with E-state index in [1.807, 2.05) is 6.92 Å². The molecule has 4 heteroatoms. The van der Waals surface area contributed by atoms with E-state index in [0.29, 0.717) is 12.2 Å². The minimum atomic E-state index is -1.61. The molecule has 0 saturated heterocycles. The van der Waals surface area contributed by atoms with Crippen molar-refractivity contribution >= 4 is 14.1 Å². The summed E-state index contributed by atoms with van der Waals surface area (Å²) in [5.74, 6) is 0.526. The summed E-state index contributed by atoms with van der Waals surface area (Å²) in [6.45, 7) is 14.4. The molecule has 0 heterocycles. The number of carbonyl (C=O) groups is 1. The lowest BCUT2D eigenvalue weighted by Gasteiger charge is -2.36. The van der Waals surface area contributed by atoms with Crippen LogP contribution in [0.2, 0.25) is 18.1 Å². The van der Waals surface area contributed by atoms with Crippen molar-refractivity contribution in [2.75, 3.05) is 13.2 Å². The summed E-state index contributed by atoms with van der Waals surface area (Å²) in [5.41, 5.74) is 0. The fraction of sp³-hybridized carbons (Fsp3) is 0.944. The molecule has 3 nitrogen and oxygen atoms in total. The first-order valence-electron chi connectivity index (χ1n) is 8.89. The summed E-state index contributed by atoms with van der Waals surface area (Å²) in [6.07, 6.45) is 6.47. The molecule has 0 aliphatic carbocycles. The smallest absolute Gasteiger partial charge is 0.191 e. The first kappa shape index (κ1) is 21.8. The third-order valence-electron chi connectivity index (χ3n) is 4.93. The predicted octanol–water partition coefficient (Wildman–Crippen LogP) is 4.94. The Morgan fingerprint density at radius 2 is 1.73 bits per heavy atom. The summed E-state index contributed by atoms with van der Waals surface area (Å²) in [4.78, 5) is 12.0. The van der Waals surface area contributed by atoms with Gasteiger partial charge < -0.3 is 9.53 Å². The lowest BCUT2D eigenvalue weighted by molar-refractivity contribution is -0.122. The summed E-state index contributed by atoms with van der Waals surface area (Å²) >= 11 is 0. The van der Waals surface area contributed by atoms with E-state index < -0.39 is 8.32 Å². The topological polar surface area (TPSA) is 46.5 Å². The van der Waals surface area contributed by atoms with Gasteiger partial charge in [0.2, 0.25) is 0 Å². The van der Waals surface area contributed by atoms with Crippen molar-refractivity contribution in [1.82, 2.24) is 0 Å². The van der Waals surface area contributed by atoms with E-state index in [2.05, 4.69) is 33.9 Å². The van der Waals surface area contributed by atoms with Gasteiger partial charge in [0.25, 0.3) is 0 Å². The van der Waals surface area contributed by atoms with E-state index in [4.69, 9.17) is 9.53 Å². The highest BCUT2D eigenvalue weighted by atomic mass is 28.4. The van der Waals surface area contributed by atoms with Gasteiger partial charge in [0.05, 0.1) is 0 Å². The van der Waals surface area contributed by atoms with E-state index in [0.717, 1.165) is 45.1 Å². The minimum Gasteiger partial charge on any atom is -0.417 e. The van der Waals surface area contributed by atoms with Gasteiger partial charge in [0.15, 0.2) is 8.32 Å². The number of aliphatic hydroxyl groups is 1. The Morgan fingerprint density at radius 1 is 1.09 bits per heavy atom. The van der Waals surface area contributed by atoms with Gasteiger partial charge in [0, 0.05) is 25.6 Å². The molecule has 22 heavy (non-hydrogen) atoms. The molecule has 0 spiro atoms. The Labute approximate surface area is 139 Å². The van der Waals surface area contributed by atoms with Gasteiger partial charge in [-0.3, -0.25) is 4.79 Å². The van der Waals surface area contributed by atoms with Crippen LogP contribution >= 0.6 is 0 Å². The molecule has 0 aliphatic heterocycles. The molecule has 132 valence electrons. The molecule has 1 atom stereocenters. The summed E-state index contributed by atoms with van der Waals surface area (Å²) < 4.78 is 6.14. The number of Topliss-reactive ketones (excluding diaryl/α,β-unsaturated/α-hetero) is 1. The molecule has 1 N–H and O–H groups in total. The fourth-order valence-corrected chi connectivity index (χ4v) is 3.18. The maximum atomic E-state index is 12.0. The summed E-state index contributed by atoms with van der Waals surface area (Å²) in [5, 5.41) is 9.03. The fourth-order valence-electron chi connectivity index (χ4n) is 2.09. The quantitative estimate of drug-likeness (QED) is 0.407. The second-order valence-electron chi connectivity index (χ2n) is 8.01. The Hall–Kier alpha value is -0.193. The normalized spacial score (nSPS) is 14.1. The summed E-state index contributed by atoms with van der Waals surface area (Å²) in [7, 11) is -1.61. The molecule has 0 aromatic rings. The highest BCUT2D eigenvalue weighted by molar-refractivity contribution is 6.74. The molecule has 0 amide bonds. The van der Waals surface area contributed by atoms with E-state index in [-0.39, 0.29) is 17.6 Å². The van der Waals surface area contributed by atoms with Gasteiger partial charge in [-0.15, -0.1) is 0 Å². The van der Waals surface area contributed by atoms with Gasteiger partial charge in [-0.25, -0.2) is 0 Å². The van der Waals surface area contributed by atoms with Crippen LogP contribution in [-0.4, -0.2) is 32.4 Å². The van der Waals surface area contributed by atoms with E-state index >= 15 is 0 Å². The van der Waals surface area contributed by atoms with E-state index in [1.54, 1.807) is 0 Å². The molecule has 0 bridgehead atoms. The van der Waals surface area contributed by atoms with Crippen LogP contribution in [0, 0.1) is 5.92 Å². The number of aliphatic hydroxyl groups excluding tert-OH is 1. The van der Waals surface area contributed by atoms with Crippen molar-refractivity contribution in [3.63, 3.8) is 0 Å². The molecule has 0 radical (unpaired) electrons. The van der Waals surface area contributed by atoms with Crippen LogP contribution in [0.15, 0.2) is 0 Å². The molecule has 0 aromatic carbocycles. The number of hydrogen-bond donors (Lipinski definition) is 1. The maximum absolute atomic E-state index is 12.0. The van der Waals surface area contributed by atoms with Gasteiger partial charge in [-0.05, 0) is 43.8 Å². The van der Waals surface area contributed by atoms with Gasteiger partial charge >= 0.3 is 0 Å². The van der Waals surface area contributed by atoms with Crippen molar-refractivity contribution < 1.29 is 14.3 Å². The zero-order chi connectivity index (χ0) is 17.2. The van der Waals surface area contributed by atoms with Crippen LogP contribution < -0.4 is 0 Å². The van der Waals surface area contributed by atoms with Gasteiger partial charge in [-0.1, -0.05) is 40.5 Å². The largest absolute Gasteiger partial charge is 0.417 e. The minimum absolute atomic E-state index is 0.148. The van der Waals surface area contributed by atoms with Crippen LogP contribution in [0.5, 0.6) is 0 Å². The number of rotatable bonds is 12. The maximum Gasteiger partial charge on any atom is 0.191 e. The van der Waals surface area contributed by atoms with Crippen molar-refractivity contribution in [3.05, 3.63) is 0 Å². The van der Waals surface area contributed by atoms with Crippen LogP contribution in [0.25, 0.3) is 0 Å². The van der Waals surface area contributed by atoms with Gasteiger partial charge in [-0.2, -0.15) is 0 Å². The molecule has 0 aromatic heterocycles. The summed E-state index contributed by atoms with van der Waals surface area (Å²) in [6, 6.07) is 0. The molecule has 0 fully saturated rings. The Morgan fingerprint density at radius 3 is 2.27 bits per heavy atom. The third kappa shape index (κ3) is 9.06. The number of hydrogen-bond acceptors (Lipinski definition) is 3. The molecular weight excluding hydrogens is 292 g/mol. The van der Waals surface area contributed by atoms with Crippen LogP contribution in [0.4, 0.5) is 0 Å². The first-order valence-corrected chi connectivity index (χ1v) is 11.8. The zero-order valence-corrected chi connectivity index (χ0v) is 16.7. The predicted molar refractivity (Wildman–Crippen MR) is 96.7 cm³/mol. The average Bonchev–Trinajstić information content (AvgIpc) is 2.41. The Bertz CT molecular complexity index is 308. The molecule has 1 unspecified atom stereocenters. The van der Waals surface area contributed by atoms with Crippen molar-refractivity contribution in [3.8, 4) is 0 Å². The van der Waals surface area contributed by atoms with Crippen molar-refractivity contribution in [1.29, 1.82) is 0 Å². The molecule has 0 rings (SSSR count). The Kier molecular flexibility index (Phi) is 10.5. The zero-order valence-electron chi connectivity index (χ0n) is 15.7. The van der Waals surface area contributed by atoms with Gasteiger partial charge in [0.1, 0.15) is 5.78 Å². The number of carbonyl (C=O) groups excluding carboxylic acids is 1. The highest BCUT2D eigenvalue weighted by Crippen LogP contribution is 2.36. The monoisotopic (exact) mass is 330 g/mol. The number of ketones is 1. The third-order valence-corrected chi connectivity index (χ3v) is 9.47. The van der Waals surface area contributed by atoms with E-state index in [1.165, 1.54) is 0 Å². The number of unbranched alkanes of at least 4 members (excludes halogenated alkanes) is 3. The Balaban J connectivity index is 3.71. The van der Waals surface area contributed by atoms with Crippen LogP contribution in [0.1, 0.15) is 72.6 Å². The lowest BCUT2D eigenvalue weighted by Crippen LogP contribution is -2.40. The molecular formula is C18H38O3Si. The van der Waals surface area contributed by atoms with E-state index in [9.17, 15) is 4.79 Å².